The lowest BCUT2D eigenvalue weighted by molar-refractivity contribution is -0.150. The van der Waals surface area contributed by atoms with E-state index in [4.69, 9.17) is 9.26 Å². The summed E-state index contributed by atoms with van der Waals surface area (Å²) >= 11 is 0. The van der Waals surface area contributed by atoms with E-state index in [-0.39, 0.29) is 25.6 Å². The standard InChI is InChI=1S/C10H21O6P/c1-4-7-14-17(12,13)15-8-9(5-2)16-10(11)6-3/h9H,4-8H2,1-3H3,(H,12,13). The third-order valence-electron chi connectivity index (χ3n) is 1.92. The maximum Gasteiger partial charge on any atom is 0.472 e. The third kappa shape index (κ3) is 8.32. The fourth-order valence-corrected chi connectivity index (χ4v) is 1.77. The zero-order chi connectivity index (χ0) is 13.3. The Labute approximate surface area is 102 Å². The predicted molar refractivity (Wildman–Crippen MR) is 62.5 cm³/mol. The second-order valence-corrected chi connectivity index (χ2v) is 4.92. The number of carbonyl (C=O) groups excluding carboxylic acids is 1. The molecule has 0 aliphatic heterocycles. The van der Waals surface area contributed by atoms with Crippen LogP contribution in [-0.2, 0) is 23.1 Å². The molecule has 0 aliphatic carbocycles. The zero-order valence-corrected chi connectivity index (χ0v) is 11.4. The first-order valence-corrected chi connectivity index (χ1v) is 7.26. The number of hydrogen-bond acceptors (Lipinski definition) is 5. The van der Waals surface area contributed by atoms with E-state index in [0.717, 1.165) is 0 Å². The highest BCUT2D eigenvalue weighted by molar-refractivity contribution is 7.47. The number of esters is 1. The summed E-state index contributed by atoms with van der Waals surface area (Å²) in [7, 11) is -4.02. The van der Waals surface area contributed by atoms with Crippen LogP contribution < -0.4 is 0 Å². The summed E-state index contributed by atoms with van der Waals surface area (Å²) in [6.45, 7) is 5.31. The molecular weight excluding hydrogens is 247 g/mol. The molecule has 17 heavy (non-hydrogen) atoms. The van der Waals surface area contributed by atoms with Crippen LogP contribution in [0.25, 0.3) is 0 Å². The van der Waals surface area contributed by atoms with Crippen molar-refractivity contribution in [2.75, 3.05) is 13.2 Å². The first-order valence-electron chi connectivity index (χ1n) is 5.76. The number of phosphoric ester groups is 1. The maximum absolute atomic E-state index is 11.3. The van der Waals surface area contributed by atoms with Gasteiger partial charge in [-0.3, -0.25) is 13.8 Å². The number of phosphoric acid groups is 1. The average Bonchev–Trinajstić information content (AvgIpc) is 2.31. The molecule has 0 saturated carbocycles. The Balaban J connectivity index is 4.04. The SMILES string of the molecule is CCCOP(=O)(O)OCC(CC)OC(=O)CC. The molecule has 2 atom stereocenters. The van der Waals surface area contributed by atoms with Gasteiger partial charge in [0.05, 0.1) is 13.2 Å². The van der Waals surface area contributed by atoms with Crippen molar-refractivity contribution in [3.05, 3.63) is 0 Å². The number of ether oxygens (including phenoxy) is 1. The first kappa shape index (κ1) is 16.6. The zero-order valence-electron chi connectivity index (χ0n) is 10.5. The molecule has 0 aromatic rings. The number of rotatable bonds is 9. The molecule has 0 amide bonds. The van der Waals surface area contributed by atoms with Gasteiger partial charge in [0.25, 0.3) is 0 Å². The minimum absolute atomic E-state index is 0.139. The molecule has 7 heteroatoms. The van der Waals surface area contributed by atoms with Crippen molar-refractivity contribution in [2.45, 2.75) is 46.1 Å². The summed E-state index contributed by atoms with van der Waals surface area (Å²) in [5.41, 5.74) is 0. The van der Waals surface area contributed by atoms with Crippen LogP contribution in [0.3, 0.4) is 0 Å². The molecule has 2 unspecified atom stereocenters. The highest BCUT2D eigenvalue weighted by atomic mass is 31.2. The highest BCUT2D eigenvalue weighted by Gasteiger charge is 2.23. The third-order valence-corrected chi connectivity index (χ3v) is 2.91. The van der Waals surface area contributed by atoms with Gasteiger partial charge in [-0.1, -0.05) is 20.8 Å². The lowest BCUT2D eigenvalue weighted by atomic mass is 10.3. The van der Waals surface area contributed by atoms with Gasteiger partial charge in [0.15, 0.2) is 0 Å². The van der Waals surface area contributed by atoms with Gasteiger partial charge in [-0.15, -0.1) is 0 Å². The Morgan fingerprint density at radius 1 is 1.29 bits per heavy atom. The van der Waals surface area contributed by atoms with Crippen molar-refractivity contribution in [1.29, 1.82) is 0 Å². The van der Waals surface area contributed by atoms with Crippen molar-refractivity contribution in [2.24, 2.45) is 0 Å². The van der Waals surface area contributed by atoms with E-state index in [9.17, 15) is 14.3 Å². The van der Waals surface area contributed by atoms with Crippen molar-refractivity contribution in [3.8, 4) is 0 Å². The summed E-state index contributed by atoms with van der Waals surface area (Å²) in [5.74, 6) is -0.359. The van der Waals surface area contributed by atoms with Crippen molar-refractivity contribution in [1.82, 2.24) is 0 Å². The van der Waals surface area contributed by atoms with Crippen LogP contribution in [0.15, 0.2) is 0 Å². The second kappa shape index (κ2) is 8.64. The smallest absolute Gasteiger partial charge is 0.460 e. The first-order chi connectivity index (χ1) is 7.95. The van der Waals surface area contributed by atoms with Crippen LogP contribution in [-0.4, -0.2) is 30.2 Å². The van der Waals surface area contributed by atoms with Crippen LogP contribution in [0.2, 0.25) is 0 Å². The Morgan fingerprint density at radius 3 is 2.41 bits per heavy atom. The fraction of sp³-hybridized carbons (Fsp3) is 0.900. The number of carbonyl (C=O) groups is 1. The minimum Gasteiger partial charge on any atom is -0.460 e. The monoisotopic (exact) mass is 268 g/mol. The highest BCUT2D eigenvalue weighted by Crippen LogP contribution is 2.43. The molecule has 0 radical (unpaired) electrons. The van der Waals surface area contributed by atoms with Crippen LogP contribution in [0.5, 0.6) is 0 Å². The van der Waals surface area contributed by atoms with Crippen LogP contribution in [0, 0.1) is 0 Å². The van der Waals surface area contributed by atoms with Crippen molar-refractivity contribution < 1.29 is 28.0 Å². The molecule has 0 saturated heterocycles. The van der Waals surface area contributed by atoms with E-state index in [1.807, 2.05) is 6.92 Å². The lowest BCUT2D eigenvalue weighted by Gasteiger charge is -2.18. The minimum atomic E-state index is -4.02. The van der Waals surface area contributed by atoms with Gasteiger partial charge in [-0.25, -0.2) is 4.57 Å². The van der Waals surface area contributed by atoms with Gasteiger partial charge >= 0.3 is 13.8 Å². The Morgan fingerprint density at radius 2 is 1.94 bits per heavy atom. The summed E-state index contributed by atoms with van der Waals surface area (Å²) in [6, 6.07) is 0. The van der Waals surface area contributed by atoms with Gasteiger partial charge in [0, 0.05) is 6.42 Å². The molecule has 0 aromatic heterocycles. The molecule has 0 fully saturated rings. The topological polar surface area (TPSA) is 82.1 Å². The van der Waals surface area contributed by atoms with E-state index in [2.05, 4.69) is 4.52 Å². The van der Waals surface area contributed by atoms with E-state index >= 15 is 0 Å². The number of hydrogen-bond donors (Lipinski definition) is 1. The van der Waals surface area contributed by atoms with E-state index in [1.54, 1.807) is 13.8 Å². The van der Waals surface area contributed by atoms with Gasteiger partial charge in [0.1, 0.15) is 6.10 Å². The van der Waals surface area contributed by atoms with E-state index in [0.29, 0.717) is 12.8 Å². The largest absolute Gasteiger partial charge is 0.472 e. The van der Waals surface area contributed by atoms with Gasteiger partial charge in [0.2, 0.25) is 0 Å². The molecule has 0 aromatic carbocycles. The fourth-order valence-electron chi connectivity index (χ4n) is 0.926. The quantitative estimate of drug-likeness (QED) is 0.510. The average molecular weight is 268 g/mol. The maximum atomic E-state index is 11.3. The summed E-state index contributed by atoms with van der Waals surface area (Å²) < 4.78 is 25.7. The predicted octanol–water partition coefficient (Wildman–Crippen LogP) is 2.26. The molecule has 1 N–H and O–H groups in total. The Bertz CT molecular complexity index is 268. The van der Waals surface area contributed by atoms with E-state index in [1.165, 1.54) is 0 Å². The van der Waals surface area contributed by atoms with Crippen LogP contribution in [0.4, 0.5) is 0 Å². The van der Waals surface area contributed by atoms with Crippen molar-refractivity contribution in [3.63, 3.8) is 0 Å². The molecule has 0 bridgehead atoms. The van der Waals surface area contributed by atoms with E-state index < -0.39 is 13.9 Å². The second-order valence-electron chi connectivity index (χ2n) is 3.47. The molecule has 0 aliphatic rings. The Hall–Kier alpha value is -0.420. The van der Waals surface area contributed by atoms with Gasteiger partial charge in [-0.2, -0.15) is 0 Å². The molecule has 0 spiro atoms. The summed E-state index contributed by atoms with van der Waals surface area (Å²) in [4.78, 5) is 20.3. The summed E-state index contributed by atoms with van der Waals surface area (Å²) in [5, 5.41) is 0. The molecule has 6 nitrogen and oxygen atoms in total. The lowest BCUT2D eigenvalue weighted by Crippen LogP contribution is -2.22. The van der Waals surface area contributed by atoms with Gasteiger partial charge < -0.3 is 9.63 Å². The van der Waals surface area contributed by atoms with Crippen molar-refractivity contribution >= 4 is 13.8 Å². The molecule has 102 valence electrons. The summed E-state index contributed by atoms with van der Waals surface area (Å²) in [6.07, 6.45) is 0.878. The van der Waals surface area contributed by atoms with Crippen LogP contribution in [0.1, 0.15) is 40.0 Å². The van der Waals surface area contributed by atoms with Gasteiger partial charge in [-0.05, 0) is 12.8 Å². The Kier molecular flexibility index (Phi) is 8.43. The normalized spacial score (nSPS) is 16.2. The molecule has 0 rings (SSSR count). The molecular formula is C10H21O6P. The molecule has 0 heterocycles. The van der Waals surface area contributed by atoms with Crippen LogP contribution >= 0.6 is 7.82 Å².